The van der Waals surface area contributed by atoms with E-state index < -0.39 is 6.04 Å². The van der Waals surface area contributed by atoms with Crippen LogP contribution in [-0.2, 0) is 16.0 Å². The summed E-state index contributed by atoms with van der Waals surface area (Å²) in [5.41, 5.74) is 1.69. The first-order valence-electron chi connectivity index (χ1n) is 11.6. The van der Waals surface area contributed by atoms with E-state index in [-0.39, 0.29) is 17.9 Å². The molecule has 35 heavy (non-hydrogen) atoms. The summed E-state index contributed by atoms with van der Waals surface area (Å²) < 4.78 is 12.5. The molecule has 1 aromatic carbocycles. The number of aryl methyl sites for hydroxylation is 1. The molecule has 1 fully saturated rings. The lowest BCUT2D eigenvalue weighted by Gasteiger charge is -2.34. The fourth-order valence-electron chi connectivity index (χ4n) is 4.39. The lowest BCUT2D eigenvalue weighted by atomic mass is 10.0. The predicted molar refractivity (Wildman–Crippen MR) is 130 cm³/mol. The number of hydrogen-bond acceptors (Lipinski definition) is 8. The molecule has 1 aliphatic heterocycles. The van der Waals surface area contributed by atoms with Crippen LogP contribution in [0.3, 0.4) is 0 Å². The second kappa shape index (κ2) is 10.6. The maximum absolute atomic E-state index is 13.2. The molecule has 1 saturated heterocycles. The number of aromatic nitrogens is 4. The van der Waals surface area contributed by atoms with Crippen LogP contribution >= 0.6 is 0 Å². The summed E-state index contributed by atoms with van der Waals surface area (Å²) in [4.78, 5) is 35.8. The van der Waals surface area contributed by atoms with E-state index in [9.17, 15) is 9.59 Å². The molecular formula is C24H31N7O4. The van der Waals surface area contributed by atoms with E-state index in [4.69, 9.17) is 9.47 Å². The second-order valence-electron chi connectivity index (χ2n) is 8.63. The normalized spacial score (nSPS) is 15.0. The molecule has 0 spiro atoms. The summed E-state index contributed by atoms with van der Waals surface area (Å²) >= 11 is 0. The number of benzene rings is 1. The van der Waals surface area contributed by atoms with E-state index in [1.807, 2.05) is 25.1 Å². The Labute approximate surface area is 203 Å². The topological polar surface area (TPSA) is 123 Å². The second-order valence-corrected chi connectivity index (χ2v) is 8.63. The minimum atomic E-state index is -0.717. The number of amides is 2. The van der Waals surface area contributed by atoms with E-state index in [2.05, 4.69) is 30.6 Å². The molecule has 186 valence electrons. The third-order valence-corrected chi connectivity index (χ3v) is 6.14. The molecule has 1 atom stereocenters. The molecule has 0 bridgehead atoms. The van der Waals surface area contributed by atoms with Crippen molar-refractivity contribution in [3.05, 3.63) is 41.9 Å². The van der Waals surface area contributed by atoms with Gasteiger partial charge in [0.1, 0.15) is 29.7 Å². The van der Waals surface area contributed by atoms with E-state index in [1.54, 1.807) is 24.8 Å². The lowest BCUT2D eigenvalue weighted by molar-refractivity contribution is -0.128. The Bertz CT molecular complexity index is 1200. The molecule has 3 aromatic rings. The molecule has 0 radical (unpaired) electrons. The maximum Gasteiger partial charge on any atom is 0.254 e. The minimum Gasteiger partial charge on any atom is -0.497 e. The van der Waals surface area contributed by atoms with Crippen LogP contribution in [0.4, 0.5) is 5.82 Å². The third-order valence-electron chi connectivity index (χ3n) is 6.14. The summed E-state index contributed by atoms with van der Waals surface area (Å²) in [6, 6.07) is 6.70. The molecular weight excluding hydrogens is 450 g/mol. The summed E-state index contributed by atoms with van der Waals surface area (Å²) in [7, 11) is 3.15. The van der Waals surface area contributed by atoms with E-state index in [1.165, 1.54) is 13.3 Å². The fourth-order valence-corrected chi connectivity index (χ4v) is 4.39. The standard InChI is InChI=1S/C24H31N7O4/c1-15-11-22(31-24(27-15)25-14-26-31)30-9-7-18(8-10-30)29-23(33)20(28-16(2)32)12-17-5-6-19(34-3)13-21(17)35-4/h5-6,11,13-14,18,20H,7-10,12H2,1-4H3,(H,28,32)(H,29,33). The van der Waals surface area contributed by atoms with Gasteiger partial charge in [-0.05, 0) is 31.4 Å². The first-order chi connectivity index (χ1) is 16.9. The Balaban J connectivity index is 1.41. The van der Waals surface area contributed by atoms with Crippen LogP contribution in [-0.4, -0.2) is 70.8 Å². The fraction of sp³-hybridized carbons (Fsp3) is 0.458. The molecule has 2 amide bonds. The molecule has 2 aromatic heterocycles. The van der Waals surface area contributed by atoms with Crippen molar-refractivity contribution >= 4 is 23.4 Å². The van der Waals surface area contributed by atoms with Crippen molar-refractivity contribution in [3.8, 4) is 11.5 Å². The Hall–Kier alpha value is -3.89. The van der Waals surface area contributed by atoms with Gasteiger partial charge in [-0.1, -0.05) is 6.07 Å². The van der Waals surface area contributed by atoms with Crippen LogP contribution in [0.15, 0.2) is 30.6 Å². The molecule has 0 saturated carbocycles. The van der Waals surface area contributed by atoms with Crippen LogP contribution in [0.25, 0.3) is 5.78 Å². The van der Waals surface area contributed by atoms with Gasteiger partial charge in [-0.15, -0.1) is 0 Å². The van der Waals surface area contributed by atoms with Crippen molar-refractivity contribution in [3.63, 3.8) is 0 Å². The third kappa shape index (κ3) is 5.61. The number of ether oxygens (including phenoxy) is 2. The largest absolute Gasteiger partial charge is 0.497 e. The quantitative estimate of drug-likeness (QED) is 0.493. The van der Waals surface area contributed by atoms with Crippen molar-refractivity contribution < 1.29 is 19.1 Å². The number of carbonyl (C=O) groups is 2. The van der Waals surface area contributed by atoms with Crippen LogP contribution in [0.1, 0.15) is 31.0 Å². The molecule has 11 nitrogen and oxygen atoms in total. The molecule has 2 N–H and O–H groups in total. The highest BCUT2D eigenvalue weighted by atomic mass is 16.5. The number of piperidine rings is 1. The molecule has 11 heteroatoms. The number of carbonyl (C=O) groups excluding carboxylic acids is 2. The molecule has 1 aliphatic rings. The average Bonchev–Trinajstić information content (AvgIpc) is 3.32. The Morgan fingerprint density at radius 1 is 1.17 bits per heavy atom. The summed E-state index contributed by atoms with van der Waals surface area (Å²) in [6.07, 6.45) is 3.33. The van der Waals surface area contributed by atoms with Gasteiger partial charge in [0.15, 0.2) is 0 Å². The zero-order chi connectivity index (χ0) is 24.9. The zero-order valence-corrected chi connectivity index (χ0v) is 20.4. The summed E-state index contributed by atoms with van der Waals surface area (Å²) in [5, 5.41) is 10.2. The maximum atomic E-state index is 13.2. The monoisotopic (exact) mass is 481 g/mol. The first kappa shape index (κ1) is 24.2. The number of nitrogens with one attached hydrogen (secondary N) is 2. The molecule has 3 heterocycles. The van der Waals surface area contributed by atoms with E-state index in [0.29, 0.717) is 23.7 Å². The Morgan fingerprint density at radius 3 is 2.63 bits per heavy atom. The number of methoxy groups -OCH3 is 2. The first-order valence-corrected chi connectivity index (χ1v) is 11.6. The Morgan fingerprint density at radius 2 is 1.94 bits per heavy atom. The Kier molecular flexibility index (Phi) is 7.33. The van der Waals surface area contributed by atoms with Gasteiger partial charge in [0.2, 0.25) is 11.8 Å². The number of hydrogen-bond donors (Lipinski definition) is 2. The van der Waals surface area contributed by atoms with Crippen molar-refractivity contribution in [1.29, 1.82) is 0 Å². The average molecular weight is 482 g/mol. The number of anilines is 1. The van der Waals surface area contributed by atoms with Gasteiger partial charge >= 0.3 is 0 Å². The van der Waals surface area contributed by atoms with Crippen LogP contribution in [0.2, 0.25) is 0 Å². The van der Waals surface area contributed by atoms with Crippen molar-refractivity contribution in [1.82, 2.24) is 30.2 Å². The van der Waals surface area contributed by atoms with Crippen LogP contribution in [0.5, 0.6) is 11.5 Å². The summed E-state index contributed by atoms with van der Waals surface area (Å²) in [5.74, 6) is 2.30. The number of fused-ring (bicyclic) bond motifs is 1. The van der Waals surface area contributed by atoms with Crippen molar-refractivity contribution in [2.45, 2.75) is 45.2 Å². The highest BCUT2D eigenvalue weighted by molar-refractivity contribution is 5.87. The predicted octanol–water partition coefficient (Wildman–Crippen LogP) is 1.28. The van der Waals surface area contributed by atoms with Gasteiger partial charge in [-0.3, -0.25) is 9.59 Å². The van der Waals surface area contributed by atoms with Gasteiger partial charge < -0.3 is 25.0 Å². The van der Waals surface area contributed by atoms with Crippen molar-refractivity contribution in [2.24, 2.45) is 0 Å². The van der Waals surface area contributed by atoms with Crippen LogP contribution < -0.4 is 25.0 Å². The highest BCUT2D eigenvalue weighted by Gasteiger charge is 2.27. The smallest absolute Gasteiger partial charge is 0.254 e. The number of rotatable bonds is 8. The van der Waals surface area contributed by atoms with E-state index >= 15 is 0 Å². The van der Waals surface area contributed by atoms with E-state index in [0.717, 1.165) is 43.0 Å². The van der Waals surface area contributed by atoms with Gasteiger partial charge in [-0.25, -0.2) is 4.98 Å². The SMILES string of the molecule is COc1ccc(CC(NC(C)=O)C(=O)NC2CCN(c3cc(C)nc4ncnn34)CC2)c(OC)c1. The molecule has 0 aliphatic carbocycles. The van der Waals surface area contributed by atoms with Gasteiger partial charge in [0, 0.05) is 50.3 Å². The van der Waals surface area contributed by atoms with Gasteiger partial charge in [-0.2, -0.15) is 14.6 Å². The zero-order valence-electron chi connectivity index (χ0n) is 20.4. The van der Waals surface area contributed by atoms with Crippen LogP contribution in [0, 0.1) is 6.92 Å². The molecule has 4 rings (SSSR count). The van der Waals surface area contributed by atoms with Gasteiger partial charge in [0.25, 0.3) is 5.78 Å². The number of nitrogens with zero attached hydrogens (tertiary/aromatic N) is 5. The minimum absolute atomic E-state index is 0.00180. The summed E-state index contributed by atoms with van der Waals surface area (Å²) in [6.45, 7) is 4.84. The molecule has 1 unspecified atom stereocenters. The highest BCUT2D eigenvalue weighted by Crippen LogP contribution is 2.26. The lowest BCUT2D eigenvalue weighted by Crippen LogP contribution is -2.52. The van der Waals surface area contributed by atoms with Crippen molar-refractivity contribution in [2.75, 3.05) is 32.2 Å². The van der Waals surface area contributed by atoms with Gasteiger partial charge in [0.05, 0.1) is 14.2 Å².